The smallest absolute Gasteiger partial charge is 0.194 e. The van der Waals surface area contributed by atoms with Gasteiger partial charge in [-0.25, -0.2) is 13.2 Å². The summed E-state index contributed by atoms with van der Waals surface area (Å²) < 4.78 is 39.2. The van der Waals surface area contributed by atoms with Crippen LogP contribution in [0.5, 0.6) is 0 Å². The molecule has 1 fully saturated rings. The van der Waals surface area contributed by atoms with Crippen LogP contribution in [0.3, 0.4) is 0 Å². The minimum absolute atomic E-state index is 0.151. The van der Waals surface area contributed by atoms with Crippen LogP contribution in [0.4, 0.5) is 13.2 Å². The number of aliphatic hydroxyl groups excluding tert-OH is 1. The van der Waals surface area contributed by atoms with Crippen molar-refractivity contribution >= 4 is 0 Å². The van der Waals surface area contributed by atoms with Gasteiger partial charge in [-0.05, 0) is 49.9 Å². The lowest BCUT2D eigenvalue weighted by Gasteiger charge is -2.22. The lowest BCUT2D eigenvalue weighted by atomic mass is 10.1. The van der Waals surface area contributed by atoms with Crippen LogP contribution < -0.4 is 0 Å². The predicted molar refractivity (Wildman–Crippen MR) is 66.1 cm³/mol. The largest absolute Gasteiger partial charge is 0.396 e. The molecule has 1 saturated carbocycles. The average Bonchev–Trinajstić information content (AvgIpc) is 3.19. The minimum Gasteiger partial charge on any atom is -0.396 e. The molecular formula is C14H18F3NO. The maximum Gasteiger partial charge on any atom is 0.194 e. The monoisotopic (exact) mass is 273 g/mol. The van der Waals surface area contributed by atoms with Crippen molar-refractivity contribution in [1.82, 2.24) is 4.90 Å². The molecule has 0 aliphatic heterocycles. The Morgan fingerprint density at radius 3 is 2.26 bits per heavy atom. The van der Waals surface area contributed by atoms with E-state index in [-0.39, 0.29) is 6.61 Å². The van der Waals surface area contributed by atoms with Crippen molar-refractivity contribution < 1.29 is 18.3 Å². The first-order valence-electron chi connectivity index (χ1n) is 6.60. The van der Waals surface area contributed by atoms with E-state index in [9.17, 15) is 13.2 Å². The Labute approximate surface area is 110 Å². The first-order chi connectivity index (χ1) is 9.11. The number of unbranched alkanes of at least 4 members (excludes halogenated alkanes) is 1. The molecule has 2 rings (SSSR count). The van der Waals surface area contributed by atoms with E-state index in [1.807, 2.05) is 0 Å². The van der Waals surface area contributed by atoms with Crippen LogP contribution in [0.15, 0.2) is 12.1 Å². The topological polar surface area (TPSA) is 23.5 Å². The van der Waals surface area contributed by atoms with E-state index < -0.39 is 17.5 Å². The van der Waals surface area contributed by atoms with Gasteiger partial charge in [0.2, 0.25) is 0 Å². The van der Waals surface area contributed by atoms with Gasteiger partial charge in [-0.1, -0.05) is 0 Å². The summed E-state index contributed by atoms with van der Waals surface area (Å²) in [5.74, 6) is -3.69. The van der Waals surface area contributed by atoms with Gasteiger partial charge in [-0.3, -0.25) is 4.90 Å². The Balaban J connectivity index is 2.00. The number of halogens is 3. The van der Waals surface area contributed by atoms with Crippen molar-refractivity contribution in [2.75, 3.05) is 13.2 Å². The zero-order chi connectivity index (χ0) is 13.8. The van der Waals surface area contributed by atoms with Gasteiger partial charge in [-0.2, -0.15) is 0 Å². The zero-order valence-corrected chi connectivity index (χ0v) is 10.7. The first-order valence-corrected chi connectivity index (χ1v) is 6.60. The highest BCUT2D eigenvalue weighted by molar-refractivity contribution is 5.19. The standard InChI is InChI=1S/C14H18F3NO/c15-12-7-10(8-13(16)14(12)17)9-18(11-3-4-11)5-1-2-6-19/h7-8,11,19H,1-6,9H2. The van der Waals surface area contributed by atoms with E-state index in [0.29, 0.717) is 18.2 Å². The molecule has 0 radical (unpaired) electrons. The van der Waals surface area contributed by atoms with Crippen LogP contribution >= 0.6 is 0 Å². The predicted octanol–water partition coefficient (Wildman–Crippen LogP) is 2.84. The van der Waals surface area contributed by atoms with Gasteiger partial charge in [0, 0.05) is 19.2 Å². The molecule has 1 aliphatic carbocycles. The summed E-state index contributed by atoms with van der Waals surface area (Å²) in [6.07, 6.45) is 3.74. The molecule has 2 nitrogen and oxygen atoms in total. The van der Waals surface area contributed by atoms with Crippen LogP contribution in [0.2, 0.25) is 0 Å². The second-order valence-electron chi connectivity index (χ2n) is 5.01. The number of hydrogen-bond donors (Lipinski definition) is 1. The van der Waals surface area contributed by atoms with Crippen molar-refractivity contribution in [3.63, 3.8) is 0 Å². The summed E-state index contributed by atoms with van der Waals surface area (Å²) in [5, 5.41) is 8.77. The van der Waals surface area contributed by atoms with Crippen LogP contribution in [-0.2, 0) is 6.54 Å². The molecule has 0 spiro atoms. The molecule has 5 heteroatoms. The molecule has 0 bridgehead atoms. The van der Waals surface area contributed by atoms with E-state index >= 15 is 0 Å². The molecule has 1 aromatic rings. The number of hydrogen-bond acceptors (Lipinski definition) is 2. The summed E-state index contributed by atoms with van der Waals surface area (Å²) >= 11 is 0. The van der Waals surface area contributed by atoms with Crippen LogP contribution in [0, 0.1) is 17.5 Å². The van der Waals surface area contributed by atoms with E-state index in [4.69, 9.17) is 5.11 Å². The Kier molecular flexibility index (Phi) is 4.82. The van der Waals surface area contributed by atoms with Crippen LogP contribution in [0.25, 0.3) is 0 Å². The lowest BCUT2D eigenvalue weighted by molar-refractivity contribution is 0.228. The normalized spacial score (nSPS) is 15.2. The number of rotatable bonds is 7. The molecule has 106 valence electrons. The third kappa shape index (κ3) is 3.94. The fraction of sp³-hybridized carbons (Fsp3) is 0.571. The molecule has 0 saturated heterocycles. The second-order valence-corrected chi connectivity index (χ2v) is 5.01. The van der Waals surface area contributed by atoms with Crippen molar-refractivity contribution in [3.8, 4) is 0 Å². The fourth-order valence-electron chi connectivity index (χ4n) is 2.19. The molecule has 19 heavy (non-hydrogen) atoms. The van der Waals surface area contributed by atoms with Crippen molar-refractivity contribution in [1.29, 1.82) is 0 Å². The average molecular weight is 273 g/mol. The number of nitrogens with zero attached hydrogens (tertiary/aromatic N) is 1. The molecule has 1 N–H and O–H groups in total. The highest BCUT2D eigenvalue weighted by Gasteiger charge is 2.28. The van der Waals surface area contributed by atoms with E-state index in [1.54, 1.807) is 0 Å². The summed E-state index contributed by atoms with van der Waals surface area (Å²) in [5.41, 5.74) is 0.451. The van der Waals surface area contributed by atoms with Gasteiger partial charge in [0.05, 0.1) is 0 Å². The lowest BCUT2D eigenvalue weighted by Crippen LogP contribution is -2.27. The summed E-state index contributed by atoms with van der Waals surface area (Å²) in [6, 6.07) is 2.56. The second kappa shape index (κ2) is 6.39. The molecule has 0 atom stereocenters. The Morgan fingerprint density at radius 2 is 1.74 bits per heavy atom. The maximum absolute atomic E-state index is 13.1. The quantitative estimate of drug-likeness (QED) is 0.610. The first kappa shape index (κ1) is 14.3. The highest BCUT2D eigenvalue weighted by atomic mass is 19.2. The molecule has 0 aromatic heterocycles. The van der Waals surface area contributed by atoms with Crippen LogP contribution in [0.1, 0.15) is 31.2 Å². The van der Waals surface area contributed by atoms with Gasteiger partial charge >= 0.3 is 0 Å². The van der Waals surface area contributed by atoms with Crippen LogP contribution in [-0.4, -0.2) is 29.2 Å². The zero-order valence-electron chi connectivity index (χ0n) is 10.7. The molecule has 0 heterocycles. The van der Waals surface area contributed by atoms with Gasteiger partial charge < -0.3 is 5.11 Å². The summed E-state index contributed by atoms with van der Waals surface area (Å²) in [6.45, 7) is 1.36. The number of aliphatic hydroxyl groups is 1. The number of benzene rings is 1. The Bertz CT molecular complexity index is 412. The van der Waals surface area contributed by atoms with Gasteiger partial charge in [-0.15, -0.1) is 0 Å². The third-order valence-corrected chi connectivity index (χ3v) is 3.35. The molecule has 1 aromatic carbocycles. The minimum atomic E-state index is -1.41. The SMILES string of the molecule is OCCCCN(Cc1cc(F)c(F)c(F)c1)C1CC1. The Hall–Kier alpha value is -1.07. The van der Waals surface area contributed by atoms with Gasteiger partial charge in [0.1, 0.15) is 0 Å². The Morgan fingerprint density at radius 1 is 1.11 bits per heavy atom. The van der Waals surface area contributed by atoms with Crippen molar-refractivity contribution in [2.45, 2.75) is 38.3 Å². The molecule has 0 unspecified atom stereocenters. The van der Waals surface area contributed by atoms with E-state index in [2.05, 4.69) is 4.90 Å². The van der Waals surface area contributed by atoms with Gasteiger partial charge in [0.15, 0.2) is 17.5 Å². The molecule has 1 aliphatic rings. The highest BCUT2D eigenvalue weighted by Crippen LogP contribution is 2.29. The maximum atomic E-state index is 13.1. The van der Waals surface area contributed by atoms with Gasteiger partial charge in [0.25, 0.3) is 0 Å². The molecular weight excluding hydrogens is 255 g/mol. The van der Waals surface area contributed by atoms with E-state index in [1.165, 1.54) is 0 Å². The molecule has 0 amide bonds. The van der Waals surface area contributed by atoms with Crippen molar-refractivity contribution in [3.05, 3.63) is 35.1 Å². The third-order valence-electron chi connectivity index (χ3n) is 3.35. The summed E-state index contributed by atoms with van der Waals surface area (Å²) in [4.78, 5) is 2.14. The van der Waals surface area contributed by atoms with Crippen molar-refractivity contribution in [2.24, 2.45) is 0 Å². The summed E-state index contributed by atoms with van der Waals surface area (Å²) in [7, 11) is 0. The fourth-order valence-corrected chi connectivity index (χ4v) is 2.19. The van der Waals surface area contributed by atoms with E-state index in [0.717, 1.165) is 44.4 Å².